The number of urea groups is 1. The van der Waals surface area contributed by atoms with Gasteiger partial charge in [-0.25, -0.2) is 4.79 Å². The van der Waals surface area contributed by atoms with Crippen LogP contribution in [0.4, 0.5) is 4.79 Å². The van der Waals surface area contributed by atoms with Crippen LogP contribution in [0.2, 0.25) is 0 Å². The Bertz CT molecular complexity index is 496. The molecule has 0 bridgehead atoms. The van der Waals surface area contributed by atoms with Gasteiger partial charge in [0.15, 0.2) is 0 Å². The molecule has 2 N–H and O–H groups in total. The van der Waals surface area contributed by atoms with Crippen molar-refractivity contribution < 1.29 is 9.53 Å². The molecule has 24 heavy (non-hydrogen) atoms. The second kappa shape index (κ2) is 9.64. The van der Waals surface area contributed by atoms with E-state index < -0.39 is 0 Å². The van der Waals surface area contributed by atoms with Crippen molar-refractivity contribution in [3.05, 3.63) is 35.4 Å². The lowest BCUT2D eigenvalue weighted by atomic mass is 10.0. The molecule has 1 saturated heterocycles. The molecule has 1 atom stereocenters. The minimum absolute atomic E-state index is 0.0906. The molecule has 0 saturated carbocycles. The lowest BCUT2D eigenvalue weighted by Crippen LogP contribution is -2.46. The second-order valence-corrected chi connectivity index (χ2v) is 6.74. The molecule has 1 aliphatic rings. The fourth-order valence-electron chi connectivity index (χ4n) is 2.87. The highest BCUT2D eigenvalue weighted by Crippen LogP contribution is 2.22. The average molecular weight is 333 g/mol. The van der Waals surface area contributed by atoms with E-state index in [2.05, 4.69) is 60.6 Å². The highest BCUT2D eigenvalue weighted by molar-refractivity contribution is 5.73. The van der Waals surface area contributed by atoms with Crippen LogP contribution in [-0.4, -0.2) is 50.3 Å². The van der Waals surface area contributed by atoms with E-state index in [4.69, 9.17) is 4.74 Å². The smallest absolute Gasteiger partial charge is 0.314 e. The number of ether oxygens (including phenoxy) is 1. The predicted molar refractivity (Wildman–Crippen MR) is 97.2 cm³/mol. The molecule has 0 spiro atoms. The predicted octanol–water partition coefficient (Wildman–Crippen LogP) is 2.58. The summed E-state index contributed by atoms with van der Waals surface area (Å²) in [6.07, 6.45) is 1.04. The van der Waals surface area contributed by atoms with Crippen molar-refractivity contribution in [2.45, 2.75) is 33.2 Å². The third kappa shape index (κ3) is 5.80. The van der Waals surface area contributed by atoms with Gasteiger partial charge < -0.3 is 15.4 Å². The molecule has 2 rings (SSSR count). The van der Waals surface area contributed by atoms with E-state index in [1.54, 1.807) is 0 Å². The SMILES string of the molecule is CCc1ccc(C(CNC(=O)NCC(C)C)N2CCOCC2)cc1. The van der Waals surface area contributed by atoms with Gasteiger partial charge in [-0.3, -0.25) is 4.90 Å². The second-order valence-electron chi connectivity index (χ2n) is 6.74. The molecule has 0 radical (unpaired) electrons. The normalized spacial score (nSPS) is 16.8. The number of nitrogens with zero attached hydrogens (tertiary/aromatic N) is 1. The van der Waals surface area contributed by atoms with Gasteiger partial charge in [-0.2, -0.15) is 0 Å². The monoisotopic (exact) mass is 333 g/mol. The van der Waals surface area contributed by atoms with Crippen LogP contribution < -0.4 is 10.6 Å². The van der Waals surface area contributed by atoms with Crippen LogP contribution in [0, 0.1) is 5.92 Å². The van der Waals surface area contributed by atoms with Gasteiger partial charge in [0, 0.05) is 26.2 Å². The Morgan fingerprint density at radius 3 is 2.33 bits per heavy atom. The van der Waals surface area contributed by atoms with Crippen LogP contribution in [-0.2, 0) is 11.2 Å². The zero-order valence-electron chi connectivity index (χ0n) is 15.2. The average Bonchev–Trinajstić information content (AvgIpc) is 2.61. The maximum absolute atomic E-state index is 12.0. The fourth-order valence-corrected chi connectivity index (χ4v) is 2.87. The highest BCUT2D eigenvalue weighted by atomic mass is 16.5. The molecule has 1 heterocycles. The van der Waals surface area contributed by atoms with E-state index in [1.165, 1.54) is 11.1 Å². The molecule has 1 aromatic rings. The maximum Gasteiger partial charge on any atom is 0.314 e. The first-order valence-electron chi connectivity index (χ1n) is 9.02. The summed E-state index contributed by atoms with van der Waals surface area (Å²) in [6, 6.07) is 8.83. The van der Waals surface area contributed by atoms with Crippen molar-refractivity contribution in [1.82, 2.24) is 15.5 Å². The molecular weight excluding hydrogens is 302 g/mol. The number of amides is 2. The van der Waals surface area contributed by atoms with Gasteiger partial charge >= 0.3 is 6.03 Å². The van der Waals surface area contributed by atoms with E-state index in [9.17, 15) is 4.79 Å². The standard InChI is InChI=1S/C19H31N3O2/c1-4-16-5-7-17(8-6-16)18(22-9-11-24-12-10-22)14-21-19(23)20-13-15(2)3/h5-8,15,18H,4,9-14H2,1-3H3,(H2,20,21,23). The first-order valence-corrected chi connectivity index (χ1v) is 9.02. The lowest BCUT2D eigenvalue weighted by molar-refractivity contribution is 0.0167. The number of aryl methyl sites for hydroxylation is 1. The Morgan fingerprint density at radius 1 is 1.12 bits per heavy atom. The van der Waals surface area contributed by atoms with Crippen molar-refractivity contribution in [3.8, 4) is 0 Å². The fraction of sp³-hybridized carbons (Fsp3) is 0.632. The number of hydrogen-bond donors (Lipinski definition) is 2. The molecule has 5 heteroatoms. The van der Waals surface area contributed by atoms with E-state index >= 15 is 0 Å². The van der Waals surface area contributed by atoms with Crippen LogP contribution in [0.1, 0.15) is 37.9 Å². The van der Waals surface area contributed by atoms with Crippen LogP contribution in [0.25, 0.3) is 0 Å². The number of rotatable bonds is 7. The Morgan fingerprint density at radius 2 is 1.75 bits per heavy atom. The number of carbonyl (C=O) groups is 1. The summed E-state index contributed by atoms with van der Waals surface area (Å²) in [5.41, 5.74) is 2.58. The van der Waals surface area contributed by atoms with Gasteiger partial charge in [-0.05, 0) is 23.5 Å². The van der Waals surface area contributed by atoms with Crippen LogP contribution >= 0.6 is 0 Å². The Labute approximate surface area is 145 Å². The number of benzene rings is 1. The minimum Gasteiger partial charge on any atom is -0.379 e. The Hall–Kier alpha value is -1.59. The minimum atomic E-state index is -0.0906. The first kappa shape index (κ1) is 18.7. The molecule has 134 valence electrons. The molecule has 2 amide bonds. The summed E-state index contributed by atoms with van der Waals surface area (Å²) in [6.45, 7) is 10.9. The molecular formula is C19H31N3O2. The highest BCUT2D eigenvalue weighted by Gasteiger charge is 2.23. The van der Waals surface area contributed by atoms with Gasteiger partial charge in [0.05, 0.1) is 19.3 Å². The van der Waals surface area contributed by atoms with E-state index in [1.807, 2.05) is 0 Å². The van der Waals surface area contributed by atoms with Gasteiger partial charge in [0.25, 0.3) is 0 Å². The van der Waals surface area contributed by atoms with Gasteiger partial charge in [-0.15, -0.1) is 0 Å². The van der Waals surface area contributed by atoms with Crippen LogP contribution in [0.3, 0.4) is 0 Å². The zero-order chi connectivity index (χ0) is 17.4. The van der Waals surface area contributed by atoms with Crippen LogP contribution in [0.15, 0.2) is 24.3 Å². The molecule has 0 aromatic heterocycles. The van der Waals surface area contributed by atoms with E-state index in [-0.39, 0.29) is 12.1 Å². The van der Waals surface area contributed by atoms with Crippen molar-refractivity contribution in [2.75, 3.05) is 39.4 Å². The quantitative estimate of drug-likeness (QED) is 0.806. The van der Waals surface area contributed by atoms with Gasteiger partial charge in [-0.1, -0.05) is 45.0 Å². The van der Waals surface area contributed by atoms with Crippen molar-refractivity contribution in [3.63, 3.8) is 0 Å². The lowest BCUT2D eigenvalue weighted by Gasteiger charge is -2.35. The third-order valence-electron chi connectivity index (χ3n) is 4.39. The number of morpholine rings is 1. The summed E-state index contributed by atoms with van der Waals surface area (Å²) in [5.74, 6) is 0.451. The molecule has 1 aromatic carbocycles. The summed E-state index contributed by atoms with van der Waals surface area (Å²) in [4.78, 5) is 14.4. The molecule has 0 aliphatic carbocycles. The van der Waals surface area contributed by atoms with Crippen molar-refractivity contribution >= 4 is 6.03 Å². The van der Waals surface area contributed by atoms with Crippen molar-refractivity contribution in [2.24, 2.45) is 5.92 Å². The summed E-state index contributed by atoms with van der Waals surface area (Å²) < 4.78 is 5.47. The molecule has 1 unspecified atom stereocenters. The van der Waals surface area contributed by atoms with Crippen LogP contribution in [0.5, 0.6) is 0 Å². The number of carbonyl (C=O) groups excluding carboxylic acids is 1. The zero-order valence-corrected chi connectivity index (χ0v) is 15.2. The molecule has 5 nitrogen and oxygen atoms in total. The van der Waals surface area contributed by atoms with E-state index in [0.29, 0.717) is 19.0 Å². The maximum atomic E-state index is 12.0. The largest absolute Gasteiger partial charge is 0.379 e. The third-order valence-corrected chi connectivity index (χ3v) is 4.39. The summed E-state index contributed by atoms with van der Waals surface area (Å²) in [7, 11) is 0. The van der Waals surface area contributed by atoms with E-state index in [0.717, 1.165) is 32.7 Å². The topological polar surface area (TPSA) is 53.6 Å². The Kier molecular flexibility index (Phi) is 7.53. The summed E-state index contributed by atoms with van der Waals surface area (Å²) >= 11 is 0. The molecule has 1 fully saturated rings. The number of nitrogens with one attached hydrogen (secondary N) is 2. The van der Waals surface area contributed by atoms with Gasteiger partial charge in [0.2, 0.25) is 0 Å². The first-order chi connectivity index (χ1) is 11.6. The van der Waals surface area contributed by atoms with Crippen molar-refractivity contribution in [1.29, 1.82) is 0 Å². The molecule has 1 aliphatic heterocycles. The Balaban J connectivity index is 2.00. The summed E-state index contributed by atoms with van der Waals surface area (Å²) in [5, 5.41) is 5.95. The number of hydrogen-bond acceptors (Lipinski definition) is 3. The van der Waals surface area contributed by atoms with Gasteiger partial charge in [0.1, 0.15) is 0 Å².